The summed E-state index contributed by atoms with van der Waals surface area (Å²) in [6.45, 7) is 2.77. The lowest BCUT2D eigenvalue weighted by atomic mass is 10.0. The molecule has 2 aliphatic heterocycles. The van der Waals surface area contributed by atoms with Gasteiger partial charge in [0.1, 0.15) is 0 Å². The lowest BCUT2D eigenvalue weighted by Crippen LogP contribution is -2.40. The number of halogens is 1. The lowest BCUT2D eigenvalue weighted by molar-refractivity contribution is -0.136. The summed E-state index contributed by atoms with van der Waals surface area (Å²) in [6, 6.07) is 5.80. The molecule has 1 fully saturated rings. The van der Waals surface area contributed by atoms with E-state index in [-0.39, 0.29) is 17.7 Å². The second kappa shape index (κ2) is 6.93. The number of carbonyl (C=O) groups excluding carboxylic acids is 2. The fourth-order valence-electron chi connectivity index (χ4n) is 3.99. The Hall–Kier alpha value is -2.05. The number of hydrogen-bond donors (Lipinski definition) is 1. The van der Waals surface area contributed by atoms with Crippen molar-refractivity contribution in [3.8, 4) is 0 Å². The Kier molecular flexibility index (Phi) is 4.63. The highest BCUT2D eigenvalue weighted by molar-refractivity contribution is 6.31. The van der Waals surface area contributed by atoms with Crippen LogP contribution in [0.15, 0.2) is 18.2 Å². The Morgan fingerprint density at radius 2 is 2.27 bits per heavy atom. The standard InChI is InChI=1S/C19H22ClN3O3/c1-26-7-6-22-10-12(8-18(22)24)19(25)23-5-4-17-15(11-23)14-9-13(20)2-3-16(14)21-17/h2-3,9,12,21H,4-8,10-11H2,1H3/t12-/m0/s1. The van der Waals surface area contributed by atoms with Gasteiger partial charge in [-0.05, 0) is 18.2 Å². The molecule has 0 saturated carbocycles. The number of nitrogens with one attached hydrogen (secondary N) is 1. The first kappa shape index (κ1) is 17.4. The van der Waals surface area contributed by atoms with Gasteiger partial charge < -0.3 is 19.5 Å². The molecule has 6 nitrogen and oxygen atoms in total. The number of aromatic nitrogens is 1. The molecule has 0 aliphatic carbocycles. The van der Waals surface area contributed by atoms with Crippen LogP contribution < -0.4 is 0 Å². The van der Waals surface area contributed by atoms with Gasteiger partial charge in [0.25, 0.3) is 0 Å². The van der Waals surface area contributed by atoms with Crippen LogP contribution in [-0.4, -0.2) is 59.9 Å². The van der Waals surface area contributed by atoms with Crippen LogP contribution in [0.5, 0.6) is 0 Å². The summed E-state index contributed by atoms with van der Waals surface area (Å²) in [5.41, 5.74) is 3.37. The number of ether oxygens (including phenoxy) is 1. The Bertz CT molecular complexity index is 863. The predicted octanol–water partition coefficient (Wildman–Crippen LogP) is 2.20. The molecule has 2 aromatic rings. The quantitative estimate of drug-likeness (QED) is 0.890. The zero-order chi connectivity index (χ0) is 18.3. The normalized spacial score (nSPS) is 20.1. The largest absolute Gasteiger partial charge is 0.383 e. The van der Waals surface area contributed by atoms with Gasteiger partial charge in [-0.25, -0.2) is 0 Å². The van der Waals surface area contributed by atoms with Crippen molar-refractivity contribution in [3.63, 3.8) is 0 Å². The molecule has 1 saturated heterocycles. The highest BCUT2D eigenvalue weighted by Gasteiger charge is 2.37. The number of benzene rings is 1. The summed E-state index contributed by atoms with van der Waals surface area (Å²) in [5.74, 6) is -0.146. The number of aromatic amines is 1. The minimum absolute atomic E-state index is 0.0389. The predicted molar refractivity (Wildman–Crippen MR) is 99.0 cm³/mol. The van der Waals surface area contributed by atoms with E-state index in [1.165, 1.54) is 5.69 Å². The Morgan fingerprint density at radius 1 is 1.42 bits per heavy atom. The number of amides is 2. The van der Waals surface area contributed by atoms with E-state index in [1.54, 1.807) is 12.0 Å². The van der Waals surface area contributed by atoms with Gasteiger partial charge in [-0.2, -0.15) is 0 Å². The van der Waals surface area contributed by atoms with Crippen molar-refractivity contribution in [1.29, 1.82) is 0 Å². The molecule has 138 valence electrons. The monoisotopic (exact) mass is 375 g/mol. The molecule has 0 bridgehead atoms. The third kappa shape index (κ3) is 3.08. The smallest absolute Gasteiger partial charge is 0.228 e. The van der Waals surface area contributed by atoms with Gasteiger partial charge in [0.15, 0.2) is 0 Å². The van der Waals surface area contributed by atoms with Gasteiger partial charge in [0.2, 0.25) is 11.8 Å². The fourth-order valence-corrected chi connectivity index (χ4v) is 4.16. The summed E-state index contributed by atoms with van der Waals surface area (Å²) < 4.78 is 5.04. The third-order valence-electron chi connectivity index (χ3n) is 5.38. The van der Waals surface area contributed by atoms with Gasteiger partial charge in [0, 0.05) is 73.3 Å². The molecule has 1 N–H and O–H groups in total. The highest BCUT2D eigenvalue weighted by atomic mass is 35.5. The van der Waals surface area contributed by atoms with E-state index in [0.717, 1.165) is 22.9 Å². The first-order valence-electron chi connectivity index (χ1n) is 8.91. The molecule has 2 amide bonds. The first-order valence-corrected chi connectivity index (χ1v) is 9.29. The second-order valence-electron chi connectivity index (χ2n) is 7.02. The second-order valence-corrected chi connectivity index (χ2v) is 7.45. The molecule has 2 aliphatic rings. The number of likely N-dealkylation sites (tertiary alicyclic amines) is 1. The van der Waals surface area contributed by atoms with E-state index >= 15 is 0 Å². The van der Waals surface area contributed by atoms with Crippen molar-refractivity contribution in [2.24, 2.45) is 5.92 Å². The zero-order valence-corrected chi connectivity index (χ0v) is 15.5. The molecule has 26 heavy (non-hydrogen) atoms. The lowest BCUT2D eigenvalue weighted by Gasteiger charge is -2.29. The maximum Gasteiger partial charge on any atom is 0.228 e. The first-order chi connectivity index (χ1) is 12.6. The Balaban J connectivity index is 1.50. The molecule has 0 unspecified atom stereocenters. The van der Waals surface area contributed by atoms with E-state index in [4.69, 9.17) is 16.3 Å². The topological polar surface area (TPSA) is 65.6 Å². The fraction of sp³-hybridized carbons (Fsp3) is 0.474. The summed E-state index contributed by atoms with van der Waals surface area (Å²) in [5, 5.41) is 1.77. The molecule has 4 rings (SSSR count). The van der Waals surface area contributed by atoms with Gasteiger partial charge in [-0.3, -0.25) is 9.59 Å². The van der Waals surface area contributed by atoms with Crippen LogP contribution in [0.4, 0.5) is 0 Å². The van der Waals surface area contributed by atoms with Crippen LogP contribution in [0.2, 0.25) is 5.02 Å². The molecule has 1 atom stereocenters. The van der Waals surface area contributed by atoms with E-state index in [0.29, 0.717) is 44.2 Å². The van der Waals surface area contributed by atoms with Crippen molar-refractivity contribution < 1.29 is 14.3 Å². The average Bonchev–Trinajstić information content (AvgIpc) is 3.19. The van der Waals surface area contributed by atoms with Crippen molar-refractivity contribution >= 4 is 34.3 Å². The zero-order valence-electron chi connectivity index (χ0n) is 14.8. The summed E-state index contributed by atoms with van der Waals surface area (Å²) >= 11 is 6.15. The average molecular weight is 376 g/mol. The minimum Gasteiger partial charge on any atom is -0.383 e. The summed E-state index contributed by atoms with van der Waals surface area (Å²) in [6.07, 6.45) is 1.09. The molecular weight excluding hydrogens is 354 g/mol. The molecule has 0 spiro atoms. The van der Waals surface area contributed by atoms with Crippen LogP contribution >= 0.6 is 11.6 Å². The maximum atomic E-state index is 13.0. The maximum absolute atomic E-state index is 13.0. The number of rotatable bonds is 4. The van der Waals surface area contributed by atoms with E-state index in [1.807, 2.05) is 23.1 Å². The van der Waals surface area contributed by atoms with Crippen LogP contribution in [0.1, 0.15) is 17.7 Å². The third-order valence-corrected chi connectivity index (χ3v) is 5.61. The van der Waals surface area contributed by atoms with Crippen LogP contribution in [0, 0.1) is 5.92 Å². The Labute approximate surface area is 157 Å². The van der Waals surface area contributed by atoms with Crippen molar-refractivity contribution in [2.45, 2.75) is 19.4 Å². The van der Waals surface area contributed by atoms with Crippen molar-refractivity contribution in [2.75, 3.05) is 33.4 Å². The number of nitrogens with zero attached hydrogens (tertiary/aromatic N) is 2. The highest BCUT2D eigenvalue weighted by Crippen LogP contribution is 2.31. The van der Waals surface area contributed by atoms with Crippen LogP contribution in [-0.2, 0) is 27.3 Å². The van der Waals surface area contributed by atoms with E-state index in [2.05, 4.69) is 4.98 Å². The number of H-pyrrole nitrogens is 1. The molecule has 7 heteroatoms. The van der Waals surface area contributed by atoms with Crippen LogP contribution in [0.3, 0.4) is 0 Å². The molecular formula is C19H22ClN3O3. The van der Waals surface area contributed by atoms with Gasteiger partial charge >= 0.3 is 0 Å². The minimum atomic E-state index is -0.255. The van der Waals surface area contributed by atoms with E-state index in [9.17, 15) is 9.59 Å². The SMILES string of the molecule is COCCN1C[C@@H](C(=O)N2CCc3[nH]c4ccc(Cl)cc4c3C2)CC1=O. The van der Waals surface area contributed by atoms with Crippen molar-refractivity contribution in [1.82, 2.24) is 14.8 Å². The van der Waals surface area contributed by atoms with E-state index < -0.39 is 0 Å². The molecule has 1 aromatic heterocycles. The van der Waals surface area contributed by atoms with Gasteiger partial charge in [0.05, 0.1) is 12.5 Å². The number of fused-ring (bicyclic) bond motifs is 3. The molecule has 0 radical (unpaired) electrons. The Morgan fingerprint density at radius 3 is 3.08 bits per heavy atom. The van der Waals surface area contributed by atoms with Crippen LogP contribution in [0.25, 0.3) is 10.9 Å². The molecule has 3 heterocycles. The summed E-state index contributed by atoms with van der Waals surface area (Å²) in [7, 11) is 1.61. The number of methoxy groups -OCH3 is 1. The number of carbonyl (C=O) groups is 2. The summed E-state index contributed by atoms with van der Waals surface area (Å²) in [4.78, 5) is 32.2. The van der Waals surface area contributed by atoms with Gasteiger partial charge in [-0.15, -0.1) is 0 Å². The van der Waals surface area contributed by atoms with Crippen molar-refractivity contribution in [3.05, 3.63) is 34.5 Å². The number of hydrogen-bond acceptors (Lipinski definition) is 3. The molecule has 1 aromatic carbocycles. The van der Waals surface area contributed by atoms with Gasteiger partial charge in [-0.1, -0.05) is 11.6 Å².